The van der Waals surface area contributed by atoms with Gasteiger partial charge in [-0.1, -0.05) is 13.8 Å². The molecule has 0 bridgehead atoms. The van der Waals surface area contributed by atoms with Gasteiger partial charge >= 0.3 is 6.03 Å². The topological polar surface area (TPSA) is 100 Å². The van der Waals surface area contributed by atoms with Crippen molar-refractivity contribution in [2.45, 2.75) is 51.9 Å². The summed E-state index contributed by atoms with van der Waals surface area (Å²) >= 11 is 0. The summed E-state index contributed by atoms with van der Waals surface area (Å²) in [6.07, 6.45) is 3.80. The molecule has 1 aromatic heterocycles. The van der Waals surface area contributed by atoms with E-state index < -0.39 is 6.23 Å². The number of nitrogens with zero attached hydrogens (tertiary/aromatic N) is 5. The number of hydrogen-bond acceptors (Lipinski definition) is 8. The highest BCUT2D eigenvalue weighted by atomic mass is 16.5. The molecule has 2 amide bonds. The molecule has 4 heterocycles. The molecule has 0 saturated carbocycles. The molecule has 0 aromatic carbocycles. The highest BCUT2D eigenvalue weighted by Crippen LogP contribution is 2.29. The minimum absolute atomic E-state index is 0.0914. The number of piperidine rings is 1. The molecule has 0 aliphatic carbocycles. The molecule has 33 heavy (non-hydrogen) atoms. The van der Waals surface area contributed by atoms with E-state index in [2.05, 4.69) is 31.1 Å². The van der Waals surface area contributed by atoms with E-state index in [1.807, 2.05) is 20.8 Å². The van der Waals surface area contributed by atoms with Crippen molar-refractivity contribution in [2.75, 3.05) is 56.2 Å². The molecule has 0 radical (unpaired) electrons. The zero-order valence-electron chi connectivity index (χ0n) is 19.9. The van der Waals surface area contributed by atoms with Gasteiger partial charge in [-0.3, -0.25) is 4.79 Å². The predicted molar refractivity (Wildman–Crippen MR) is 124 cm³/mol. The van der Waals surface area contributed by atoms with Crippen LogP contribution in [0.5, 0.6) is 0 Å². The van der Waals surface area contributed by atoms with Gasteiger partial charge in [0.15, 0.2) is 12.5 Å². The minimum Gasteiger partial charge on any atom is -0.378 e. The summed E-state index contributed by atoms with van der Waals surface area (Å²) in [6.45, 7) is 11.0. The van der Waals surface area contributed by atoms with Crippen molar-refractivity contribution in [3.8, 4) is 0 Å². The largest absolute Gasteiger partial charge is 0.378 e. The van der Waals surface area contributed by atoms with Crippen molar-refractivity contribution in [2.24, 2.45) is 11.8 Å². The second-order valence-corrected chi connectivity index (χ2v) is 9.46. The van der Waals surface area contributed by atoms with Crippen LogP contribution in [0.3, 0.4) is 0 Å². The fourth-order valence-corrected chi connectivity index (χ4v) is 4.89. The Bertz CT molecular complexity index is 810. The van der Waals surface area contributed by atoms with E-state index in [1.165, 1.54) is 0 Å². The third kappa shape index (κ3) is 5.38. The fourth-order valence-electron chi connectivity index (χ4n) is 4.89. The quantitative estimate of drug-likeness (QED) is 0.642. The second kappa shape index (κ2) is 10.6. The van der Waals surface area contributed by atoms with Crippen LogP contribution in [0.25, 0.3) is 0 Å². The number of likely N-dealkylation sites (tertiary alicyclic amines) is 1. The molecule has 1 unspecified atom stereocenters. The first-order valence-electron chi connectivity index (χ1n) is 12.0. The van der Waals surface area contributed by atoms with Gasteiger partial charge in [-0.2, -0.15) is 4.98 Å². The van der Waals surface area contributed by atoms with Crippen LogP contribution in [-0.4, -0.2) is 96.4 Å². The van der Waals surface area contributed by atoms with Crippen LogP contribution in [0.1, 0.15) is 33.6 Å². The maximum absolute atomic E-state index is 12.7. The van der Waals surface area contributed by atoms with Gasteiger partial charge in [0.25, 0.3) is 0 Å². The van der Waals surface area contributed by atoms with Crippen LogP contribution < -0.4 is 10.2 Å². The lowest BCUT2D eigenvalue weighted by atomic mass is 9.90. The molecule has 10 nitrogen and oxygen atoms in total. The van der Waals surface area contributed by atoms with Crippen molar-refractivity contribution < 1.29 is 19.1 Å². The molecule has 1 aromatic rings. The first-order chi connectivity index (χ1) is 16.0. The van der Waals surface area contributed by atoms with Crippen LogP contribution in [-0.2, 0) is 14.3 Å². The number of carbonyl (C=O) groups excluding carboxylic acids is 2. The van der Waals surface area contributed by atoms with Gasteiger partial charge in [0.2, 0.25) is 5.95 Å². The van der Waals surface area contributed by atoms with Crippen LogP contribution in [0.2, 0.25) is 0 Å². The Morgan fingerprint density at radius 1 is 1.15 bits per heavy atom. The standard InChI is InChI=1S/C23H36N6O4/c1-16(2)19-15-33-21(14-30)29(19)20-4-7-24-22(26-20)25-17(3)18-5-8-27(9-6-18)23(31)28-10-12-32-13-11-28/h4,7,14,16-19,21H,5-6,8-13,15H2,1-3H3,(H,24,25,26)/t17-,19+,21?/m0/s1. The molecule has 3 saturated heterocycles. The minimum atomic E-state index is -0.620. The maximum Gasteiger partial charge on any atom is 0.320 e. The smallest absolute Gasteiger partial charge is 0.320 e. The van der Waals surface area contributed by atoms with E-state index in [4.69, 9.17) is 14.5 Å². The number of hydrogen-bond donors (Lipinski definition) is 1. The number of anilines is 2. The average Bonchev–Trinajstić information content (AvgIpc) is 3.29. The number of ether oxygens (including phenoxy) is 2. The highest BCUT2D eigenvalue weighted by molar-refractivity contribution is 5.74. The summed E-state index contributed by atoms with van der Waals surface area (Å²) in [4.78, 5) is 39.2. The fraction of sp³-hybridized carbons (Fsp3) is 0.739. The molecule has 1 N–H and O–H groups in total. The monoisotopic (exact) mass is 460 g/mol. The van der Waals surface area contributed by atoms with Gasteiger partial charge in [-0.05, 0) is 37.7 Å². The van der Waals surface area contributed by atoms with E-state index >= 15 is 0 Å². The number of urea groups is 1. The maximum atomic E-state index is 12.7. The average molecular weight is 461 g/mol. The van der Waals surface area contributed by atoms with Gasteiger partial charge in [0.1, 0.15) is 5.82 Å². The lowest BCUT2D eigenvalue weighted by Crippen LogP contribution is -2.51. The van der Waals surface area contributed by atoms with Gasteiger partial charge in [0.05, 0.1) is 25.9 Å². The second-order valence-electron chi connectivity index (χ2n) is 9.46. The molecule has 4 rings (SSSR count). The van der Waals surface area contributed by atoms with Crippen molar-refractivity contribution in [3.05, 3.63) is 12.3 Å². The van der Waals surface area contributed by atoms with Crippen LogP contribution in [0.4, 0.5) is 16.6 Å². The Balaban J connectivity index is 1.34. The zero-order valence-corrected chi connectivity index (χ0v) is 19.9. The Morgan fingerprint density at radius 2 is 1.85 bits per heavy atom. The molecule has 10 heteroatoms. The van der Waals surface area contributed by atoms with E-state index in [9.17, 15) is 9.59 Å². The van der Waals surface area contributed by atoms with Crippen molar-refractivity contribution in [3.63, 3.8) is 0 Å². The molecule has 0 spiro atoms. The van der Waals surface area contributed by atoms with E-state index in [0.717, 1.165) is 32.2 Å². The molecule has 3 aliphatic heterocycles. The molecule has 3 aliphatic rings. The lowest BCUT2D eigenvalue weighted by molar-refractivity contribution is -0.115. The van der Waals surface area contributed by atoms with Gasteiger partial charge in [-0.15, -0.1) is 0 Å². The van der Waals surface area contributed by atoms with Crippen LogP contribution in [0, 0.1) is 11.8 Å². The molecule has 182 valence electrons. The Labute approximate surface area is 195 Å². The molecular weight excluding hydrogens is 424 g/mol. The normalized spacial score (nSPS) is 25.4. The summed E-state index contributed by atoms with van der Waals surface area (Å²) in [5, 5.41) is 3.45. The summed E-state index contributed by atoms with van der Waals surface area (Å²) in [6, 6.07) is 2.21. The third-order valence-electron chi connectivity index (χ3n) is 7.02. The van der Waals surface area contributed by atoms with Gasteiger partial charge < -0.3 is 29.5 Å². The Hall–Kier alpha value is -2.46. The van der Waals surface area contributed by atoms with Crippen LogP contribution >= 0.6 is 0 Å². The Kier molecular flexibility index (Phi) is 7.64. The van der Waals surface area contributed by atoms with Crippen molar-refractivity contribution in [1.29, 1.82) is 0 Å². The SMILES string of the molecule is CC(C)[C@H]1COC(C=O)N1c1ccnc(N[C@@H](C)C2CCN(C(=O)N3CCOCC3)CC2)n1. The number of carbonyl (C=O) groups is 2. The van der Waals surface area contributed by atoms with E-state index in [0.29, 0.717) is 56.5 Å². The molecule has 3 atom stereocenters. The number of aromatic nitrogens is 2. The summed E-state index contributed by atoms with van der Waals surface area (Å²) in [5.41, 5.74) is 0. The van der Waals surface area contributed by atoms with E-state index in [-0.39, 0.29) is 18.1 Å². The molecule has 3 fully saturated rings. The van der Waals surface area contributed by atoms with Crippen molar-refractivity contribution in [1.82, 2.24) is 19.8 Å². The first kappa shape index (κ1) is 23.7. The number of rotatable bonds is 6. The van der Waals surface area contributed by atoms with Gasteiger partial charge in [0, 0.05) is 38.4 Å². The summed E-state index contributed by atoms with van der Waals surface area (Å²) in [5.74, 6) is 1.99. The number of morpholine rings is 1. The summed E-state index contributed by atoms with van der Waals surface area (Å²) in [7, 11) is 0. The predicted octanol–water partition coefficient (Wildman–Crippen LogP) is 1.83. The van der Waals surface area contributed by atoms with Gasteiger partial charge in [-0.25, -0.2) is 9.78 Å². The van der Waals surface area contributed by atoms with Crippen molar-refractivity contribution >= 4 is 24.1 Å². The zero-order chi connectivity index (χ0) is 23.4. The van der Waals surface area contributed by atoms with E-state index in [1.54, 1.807) is 6.20 Å². The third-order valence-corrected chi connectivity index (χ3v) is 7.02. The lowest BCUT2D eigenvalue weighted by Gasteiger charge is -2.38. The molecular formula is C23H36N6O4. The number of amides is 2. The van der Waals surface area contributed by atoms with Crippen LogP contribution in [0.15, 0.2) is 12.3 Å². The number of aldehydes is 1. The highest BCUT2D eigenvalue weighted by Gasteiger charge is 2.37. The Morgan fingerprint density at radius 3 is 2.52 bits per heavy atom. The number of nitrogens with one attached hydrogen (secondary N) is 1. The summed E-state index contributed by atoms with van der Waals surface area (Å²) < 4.78 is 11.0. The first-order valence-corrected chi connectivity index (χ1v) is 12.0.